The summed E-state index contributed by atoms with van der Waals surface area (Å²) in [4.78, 5) is 1.47. The van der Waals surface area contributed by atoms with Gasteiger partial charge in [-0.1, -0.05) is 39.0 Å². The van der Waals surface area contributed by atoms with Crippen molar-refractivity contribution in [1.82, 2.24) is 0 Å². The van der Waals surface area contributed by atoms with E-state index in [9.17, 15) is 0 Å². The van der Waals surface area contributed by atoms with Crippen molar-refractivity contribution in [3.8, 4) is 5.75 Å². The molecule has 2 aromatic rings. The minimum atomic E-state index is 0.169. The van der Waals surface area contributed by atoms with Crippen LogP contribution >= 0.6 is 0 Å². The Labute approximate surface area is 136 Å². The summed E-state index contributed by atoms with van der Waals surface area (Å²) < 4.78 is 11.6. The summed E-state index contributed by atoms with van der Waals surface area (Å²) in [5, 5.41) is 2.59. The summed E-state index contributed by atoms with van der Waals surface area (Å²) in [5.41, 5.74) is 0.169. The van der Waals surface area contributed by atoms with Crippen molar-refractivity contribution in [1.29, 1.82) is 0 Å². The van der Waals surface area contributed by atoms with Crippen molar-refractivity contribution >= 4 is 21.7 Å². The van der Waals surface area contributed by atoms with Gasteiger partial charge in [0.05, 0.1) is 19.8 Å². The predicted octanol–water partition coefficient (Wildman–Crippen LogP) is 4.27. The van der Waals surface area contributed by atoms with Crippen LogP contribution in [0.25, 0.3) is 10.8 Å². The normalized spacial score (nSPS) is 16.9. The van der Waals surface area contributed by atoms with E-state index in [1.54, 1.807) is 0 Å². The van der Waals surface area contributed by atoms with Gasteiger partial charge in [0.1, 0.15) is 17.3 Å². The first kappa shape index (κ1) is 15.7. The van der Waals surface area contributed by atoms with E-state index in [2.05, 4.69) is 57.2 Å². The Morgan fingerprint density at radius 2 is 1.68 bits per heavy atom. The maximum atomic E-state index is 6.10. The quantitative estimate of drug-likeness (QED) is 0.787. The zero-order valence-corrected chi connectivity index (χ0v) is 14.5. The van der Waals surface area contributed by atoms with E-state index in [0.717, 1.165) is 37.1 Å². The van der Waals surface area contributed by atoms with Crippen LogP contribution < -0.4 is 4.74 Å². The minimum absolute atomic E-state index is 0.169. The maximum Gasteiger partial charge on any atom is 0.163 e. The largest absolute Gasteiger partial charge is 0.492 e. The highest BCUT2D eigenvalue weighted by Gasteiger charge is 2.28. The molecule has 0 saturated carbocycles. The van der Waals surface area contributed by atoms with Gasteiger partial charge in [0.25, 0.3) is 0 Å². The zero-order valence-electron chi connectivity index (χ0n) is 13.7. The summed E-state index contributed by atoms with van der Waals surface area (Å²) in [6.45, 7) is 9.11. The van der Waals surface area contributed by atoms with Gasteiger partial charge >= 0.3 is 0 Å². The number of ether oxygens (including phenoxy) is 2. The molecule has 0 spiro atoms. The third kappa shape index (κ3) is 3.58. The Balaban J connectivity index is 1.96. The molecule has 0 radical (unpaired) electrons. The average Bonchev–Trinajstić information content (AvgIpc) is 2.52. The van der Waals surface area contributed by atoms with Crippen molar-refractivity contribution < 1.29 is 9.47 Å². The van der Waals surface area contributed by atoms with Gasteiger partial charge < -0.3 is 9.47 Å². The Morgan fingerprint density at radius 3 is 2.36 bits per heavy atom. The van der Waals surface area contributed by atoms with E-state index in [1.807, 2.05) is 0 Å². The van der Waals surface area contributed by atoms with Crippen LogP contribution in [0.15, 0.2) is 41.3 Å². The highest BCUT2D eigenvalue weighted by molar-refractivity contribution is 7.97. The molecule has 2 nitrogen and oxygen atoms in total. The second kappa shape index (κ2) is 6.51. The van der Waals surface area contributed by atoms with E-state index < -0.39 is 0 Å². The van der Waals surface area contributed by atoms with Gasteiger partial charge in [0.2, 0.25) is 0 Å². The van der Waals surface area contributed by atoms with Gasteiger partial charge in [-0.3, -0.25) is 0 Å². The van der Waals surface area contributed by atoms with E-state index in [1.165, 1.54) is 15.7 Å². The number of rotatable bonds is 3. The molecule has 1 aliphatic heterocycles. The molecule has 0 bridgehead atoms. The molecule has 0 atom stereocenters. The minimum Gasteiger partial charge on any atom is -0.492 e. The van der Waals surface area contributed by atoms with Crippen molar-refractivity contribution in [2.24, 2.45) is 5.41 Å². The van der Waals surface area contributed by atoms with Crippen LogP contribution in [0.2, 0.25) is 0 Å². The molecule has 118 valence electrons. The number of fused-ring (bicyclic) bond motifs is 1. The molecule has 0 N–H and O–H groups in total. The summed E-state index contributed by atoms with van der Waals surface area (Å²) in [7, 11) is 0.308. The van der Waals surface area contributed by atoms with Crippen LogP contribution in [0.3, 0.4) is 0 Å². The van der Waals surface area contributed by atoms with Gasteiger partial charge in [-0.05, 0) is 23.6 Å². The fraction of sp³-hybridized carbons (Fsp3) is 0.474. The number of benzene rings is 2. The van der Waals surface area contributed by atoms with Crippen molar-refractivity contribution in [3.05, 3.63) is 36.4 Å². The van der Waals surface area contributed by atoms with Crippen LogP contribution in [0, 0.1) is 5.41 Å². The van der Waals surface area contributed by atoms with Gasteiger partial charge in [0.15, 0.2) is 4.90 Å². The standard InChI is InChI=1S/C19H25O2S/c1-19(2,3)14-21-17-8-9-18(22-12-10-20-11-13-22)16-7-5-4-6-15(16)17/h4-9H,10-14H2,1-3H3/q+1. The first-order chi connectivity index (χ1) is 10.5. The summed E-state index contributed by atoms with van der Waals surface area (Å²) >= 11 is 0. The molecule has 1 heterocycles. The lowest BCUT2D eigenvalue weighted by atomic mass is 9.98. The molecular weight excluding hydrogens is 292 g/mol. The Kier molecular flexibility index (Phi) is 4.65. The van der Waals surface area contributed by atoms with E-state index in [-0.39, 0.29) is 5.41 Å². The summed E-state index contributed by atoms with van der Waals surface area (Å²) in [6.07, 6.45) is 0. The molecule has 2 aromatic carbocycles. The Hall–Kier alpha value is -1.19. The van der Waals surface area contributed by atoms with Crippen LogP contribution in [0.4, 0.5) is 0 Å². The second-order valence-electron chi connectivity index (χ2n) is 6.97. The van der Waals surface area contributed by atoms with Gasteiger partial charge in [-0.25, -0.2) is 0 Å². The van der Waals surface area contributed by atoms with Gasteiger partial charge in [0, 0.05) is 21.7 Å². The smallest absolute Gasteiger partial charge is 0.163 e. The number of hydrogen-bond donors (Lipinski definition) is 0. The molecule has 3 rings (SSSR count). The molecule has 3 heteroatoms. The molecule has 0 aliphatic carbocycles. The molecular formula is C19H25O2S+. The predicted molar refractivity (Wildman–Crippen MR) is 95.1 cm³/mol. The molecule has 0 amide bonds. The SMILES string of the molecule is CC(C)(C)COc1ccc([S+]2CCOCC2)c2ccccc12. The molecule has 22 heavy (non-hydrogen) atoms. The van der Waals surface area contributed by atoms with Crippen LogP contribution in [-0.4, -0.2) is 31.3 Å². The fourth-order valence-electron chi connectivity index (χ4n) is 2.66. The van der Waals surface area contributed by atoms with Crippen LogP contribution in [0.1, 0.15) is 20.8 Å². The van der Waals surface area contributed by atoms with E-state index in [4.69, 9.17) is 9.47 Å². The molecule has 0 aromatic heterocycles. The third-order valence-electron chi connectivity index (χ3n) is 3.76. The number of hydrogen-bond acceptors (Lipinski definition) is 2. The zero-order chi connectivity index (χ0) is 15.6. The van der Waals surface area contributed by atoms with Gasteiger partial charge in [-0.15, -0.1) is 0 Å². The third-order valence-corrected chi connectivity index (χ3v) is 6.06. The monoisotopic (exact) mass is 317 g/mol. The summed E-state index contributed by atoms with van der Waals surface area (Å²) in [5.74, 6) is 3.30. The first-order valence-corrected chi connectivity index (χ1v) is 9.51. The average molecular weight is 317 g/mol. The Morgan fingerprint density at radius 1 is 1.00 bits per heavy atom. The second-order valence-corrected chi connectivity index (χ2v) is 9.21. The fourth-order valence-corrected chi connectivity index (χ4v) is 4.69. The summed E-state index contributed by atoms with van der Waals surface area (Å²) in [6, 6.07) is 13.1. The molecule has 0 unspecified atom stereocenters. The van der Waals surface area contributed by atoms with Crippen LogP contribution in [-0.2, 0) is 15.6 Å². The van der Waals surface area contributed by atoms with E-state index >= 15 is 0 Å². The topological polar surface area (TPSA) is 18.5 Å². The lowest BCUT2D eigenvalue weighted by Crippen LogP contribution is -2.26. The van der Waals surface area contributed by atoms with Crippen LogP contribution in [0.5, 0.6) is 5.75 Å². The van der Waals surface area contributed by atoms with Crippen molar-refractivity contribution in [2.75, 3.05) is 31.3 Å². The van der Waals surface area contributed by atoms with Crippen molar-refractivity contribution in [2.45, 2.75) is 25.7 Å². The van der Waals surface area contributed by atoms with E-state index in [0.29, 0.717) is 10.9 Å². The highest BCUT2D eigenvalue weighted by atomic mass is 32.2. The van der Waals surface area contributed by atoms with Crippen molar-refractivity contribution in [3.63, 3.8) is 0 Å². The highest BCUT2D eigenvalue weighted by Crippen LogP contribution is 2.33. The molecule has 1 fully saturated rings. The lowest BCUT2D eigenvalue weighted by Gasteiger charge is -2.21. The molecule has 1 aliphatic rings. The lowest BCUT2D eigenvalue weighted by molar-refractivity contribution is 0.159. The van der Waals surface area contributed by atoms with Gasteiger partial charge in [-0.2, -0.15) is 0 Å². The Bertz CT molecular complexity index is 639. The maximum absolute atomic E-state index is 6.10. The first-order valence-electron chi connectivity index (χ1n) is 7.94. The molecule has 1 saturated heterocycles.